The van der Waals surface area contributed by atoms with Gasteiger partial charge < -0.3 is 5.32 Å². The molecular weight excluding hydrogens is 158 g/mol. The summed E-state index contributed by atoms with van der Waals surface area (Å²) >= 11 is 0. The third kappa shape index (κ3) is 1.90. The summed E-state index contributed by atoms with van der Waals surface area (Å²) in [7, 11) is 0. The standard InChI is InChI=1S/C12H23N/c1-3-12(8-10(12)2)9-11-4-6-13-7-5-11/h10-11,13H,3-9H2,1-2H3. The predicted molar refractivity (Wildman–Crippen MR) is 56.7 cm³/mol. The second kappa shape index (κ2) is 3.61. The molecule has 2 atom stereocenters. The van der Waals surface area contributed by atoms with Gasteiger partial charge in [-0.25, -0.2) is 0 Å². The molecule has 0 spiro atoms. The van der Waals surface area contributed by atoms with Gasteiger partial charge in [0, 0.05) is 0 Å². The molecule has 1 saturated carbocycles. The number of hydrogen-bond acceptors (Lipinski definition) is 1. The minimum Gasteiger partial charge on any atom is -0.317 e. The second-order valence-corrected chi connectivity index (χ2v) is 5.22. The Morgan fingerprint density at radius 1 is 1.31 bits per heavy atom. The van der Waals surface area contributed by atoms with Gasteiger partial charge in [-0.05, 0) is 56.0 Å². The van der Waals surface area contributed by atoms with Gasteiger partial charge in [0.1, 0.15) is 0 Å². The van der Waals surface area contributed by atoms with E-state index in [9.17, 15) is 0 Å². The molecule has 0 aromatic rings. The smallest absolute Gasteiger partial charge is 0.00463 e. The van der Waals surface area contributed by atoms with Crippen molar-refractivity contribution in [3.8, 4) is 0 Å². The van der Waals surface area contributed by atoms with Crippen LogP contribution in [0, 0.1) is 17.3 Å². The summed E-state index contributed by atoms with van der Waals surface area (Å²) in [6.07, 6.45) is 7.29. The van der Waals surface area contributed by atoms with Crippen molar-refractivity contribution < 1.29 is 0 Å². The first-order valence-electron chi connectivity index (χ1n) is 5.97. The van der Waals surface area contributed by atoms with Gasteiger partial charge in [-0.2, -0.15) is 0 Å². The molecule has 2 rings (SSSR count). The van der Waals surface area contributed by atoms with Gasteiger partial charge in [-0.1, -0.05) is 20.3 Å². The highest BCUT2D eigenvalue weighted by molar-refractivity contribution is 5.00. The van der Waals surface area contributed by atoms with Crippen LogP contribution in [0.5, 0.6) is 0 Å². The van der Waals surface area contributed by atoms with Crippen LogP contribution in [0.4, 0.5) is 0 Å². The van der Waals surface area contributed by atoms with Gasteiger partial charge >= 0.3 is 0 Å². The fraction of sp³-hybridized carbons (Fsp3) is 1.00. The second-order valence-electron chi connectivity index (χ2n) is 5.22. The zero-order chi connectivity index (χ0) is 9.31. The van der Waals surface area contributed by atoms with Crippen LogP contribution in [0.2, 0.25) is 0 Å². The summed E-state index contributed by atoms with van der Waals surface area (Å²) in [6.45, 7) is 7.34. The van der Waals surface area contributed by atoms with Crippen LogP contribution in [-0.4, -0.2) is 13.1 Å². The molecule has 0 radical (unpaired) electrons. The predicted octanol–water partition coefficient (Wildman–Crippen LogP) is 2.81. The Hall–Kier alpha value is -0.0400. The van der Waals surface area contributed by atoms with Crippen molar-refractivity contribution in [2.24, 2.45) is 17.3 Å². The highest BCUT2D eigenvalue weighted by Gasteiger charge is 2.49. The van der Waals surface area contributed by atoms with Crippen molar-refractivity contribution in [2.45, 2.75) is 46.0 Å². The fourth-order valence-electron chi connectivity index (χ4n) is 3.13. The van der Waals surface area contributed by atoms with Crippen LogP contribution in [0.15, 0.2) is 0 Å². The lowest BCUT2D eigenvalue weighted by Gasteiger charge is -2.27. The lowest BCUT2D eigenvalue weighted by molar-refractivity contribution is 0.268. The van der Waals surface area contributed by atoms with Crippen LogP contribution in [-0.2, 0) is 0 Å². The third-order valence-electron chi connectivity index (χ3n) is 4.46. The van der Waals surface area contributed by atoms with E-state index in [2.05, 4.69) is 19.2 Å². The molecule has 1 heteroatoms. The Kier molecular flexibility index (Phi) is 2.64. The molecule has 76 valence electrons. The Balaban J connectivity index is 1.82. The lowest BCUT2D eigenvalue weighted by Crippen LogP contribution is -2.29. The van der Waals surface area contributed by atoms with Crippen molar-refractivity contribution >= 4 is 0 Å². The van der Waals surface area contributed by atoms with Crippen LogP contribution >= 0.6 is 0 Å². The molecule has 1 nitrogen and oxygen atoms in total. The van der Waals surface area contributed by atoms with E-state index >= 15 is 0 Å². The zero-order valence-corrected chi connectivity index (χ0v) is 9.10. The number of hydrogen-bond donors (Lipinski definition) is 1. The molecule has 2 fully saturated rings. The first kappa shape index (κ1) is 9.51. The number of rotatable bonds is 3. The minimum atomic E-state index is 0.780. The molecule has 1 N–H and O–H groups in total. The zero-order valence-electron chi connectivity index (χ0n) is 9.10. The molecule has 1 aliphatic heterocycles. The lowest BCUT2D eigenvalue weighted by atomic mass is 9.83. The maximum absolute atomic E-state index is 3.45. The van der Waals surface area contributed by atoms with Gasteiger partial charge in [0.25, 0.3) is 0 Å². The van der Waals surface area contributed by atoms with Crippen LogP contribution < -0.4 is 5.32 Å². The summed E-state index contributed by atoms with van der Waals surface area (Å²) in [6, 6.07) is 0. The Labute approximate surface area is 82.3 Å². The first-order valence-corrected chi connectivity index (χ1v) is 5.97. The van der Waals surface area contributed by atoms with Crippen molar-refractivity contribution in [2.75, 3.05) is 13.1 Å². The van der Waals surface area contributed by atoms with E-state index < -0.39 is 0 Å². The normalized spacial score (nSPS) is 40.6. The van der Waals surface area contributed by atoms with Gasteiger partial charge in [0.2, 0.25) is 0 Å². The molecule has 0 aromatic heterocycles. The highest BCUT2D eigenvalue weighted by atomic mass is 14.9. The van der Waals surface area contributed by atoms with Gasteiger partial charge in [-0.15, -0.1) is 0 Å². The van der Waals surface area contributed by atoms with Crippen LogP contribution in [0.3, 0.4) is 0 Å². The van der Waals surface area contributed by atoms with E-state index in [1.165, 1.54) is 45.2 Å². The Morgan fingerprint density at radius 3 is 2.38 bits per heavy atom. The number of nitrogens with one attached hydrogen (secondary N) is 1. The Morgan fingerprint density at radius 2 is 1.92 bits per heavy atom. The monoisotopic (exact) mass is 181 g/mol. The summed E-state index contributed by atoms with van der Waals surface area (Å²) < 4.78 is 0. The average molecular weight is 181 g/mol. The largest absolute Gasteiger partial charge is 0.317 e. The molecule has 2 aliphatic rings. The Bertz CT molecular complexity index is 168. The molecule has 0 aromatic carbocycles. The molecule has 0 amide bonds. The quantitative estimate of drug-likeness (QED) is 0.706. The van der Waals surface area contributed by atoms with Crippen molar-refractivity contribution in [1.29, 1.82) is 0 Å². The highest BCUT2D eigenvalue weighted by Crippen LogP contribution is 2.59. The molecule has 0 bridgehead atoms. The third-order valence-corrected chi connectivity index (χ3v) is 4.46. The molecule has 2 unspecified atom stereocenters. The summed E-state index contributed by atoms with van der Waals surface area (Å²) in [5.41, 5.74) is 0.780. The SMILES string of the molecule is CCC1(CC2CCNCC2)CC1C. The van der Waals surface area contributed by atoms with E-state index in [0.717, 1.165) is 17.3 Å². The summed E-state index contributed by atoms with van der Waals surface area (Å²) in [5.74, 6) is 2.05. The van der Waals surface area contributed by atoms with Crippen LogP contribution in [0.1, 0.15) is 46.0 Å². The molecule has 13 heavy (non-hydrogen) atoms. The van der Waals surface area contributed by atoms with Crippen LogP contribution in [0.25, 0.3) is 0 Å². The van der Waals surface area contributed by atoms with Gasteiger partial charge in [0.05, 0.1) is 0 Å². The number of piperidine rings is 1. The van der Waals surface area contributed by atoms with Crippen molar-refractivity contribution in [1.82, 2.24) is 5.32 Å². The van der Waals surface area contributed by atoms with Gasteiger partial charge in [0.15, 0.2) is 0 Å². The van der Waals surface area contributed by atoms with E-state index in [-0.39, 0.29) is 0 Å². The van der Waals surface area contributed by atoms with E-state index in [1.807, 2.05) is 0 Å². The average Bonchev–Trinajstić information content (AvgIpc) is 2.79. The van der Waals surface area contributed by atoms with Crippen molar-refractivity contribution in [3.05, 3.63) is 0 Å². The first-order chi connectivity index (χ1) is 6.27. The molecule has 1 heterocycles. The molecule has 1 saturated heterocycles. The van der Waals surface area contributed by atoms with Crippen molar-refractivity contribution in [3.63, 3.8) is 0 Å². The maximum atomic E-state index is 3.45. The molecular formula is C12H23N. The molecule has 1 aliphatic carbocycles. The maximum Gasteiger partial charge on any atom is -0.00463 e. The summed E-state index contributed by atoms with van der Waals surface area (Å²) in [5, 5.41) is 3.45. The summed E-state index contributed by atoms with van der Waals surface area (Å²) in [4.78, 5) is 0. The van der Waals surface area contributed by atoms with E-state index in [1.54, 1.807) is 0 Å². The minimum absolute atomic E-state index is 0.780. The fourth-order valence-corrected chi connectivity index (χ4v) is 3.13. The van der Waals surface area contributed by atoms with E-state index in [0.29, 0.717) is 0 Å². The van der Waals surface area contributed by atoms with E-state index in [4.69, 9.17) is 0 Å². The van der Waals surface area contributed by atoms with Gasteiger partial charge in [-0.3, -0.25) is 0 Å². The topological polar surface area (TPSA) is 12.0 Å².